The van der Waals surface area contributed by atoms with Crippen LogP contribution in [0.15, 0.2) is 17.8 Å². The van der Waals surface area contributed by atoms with Crippen LogP contribution in [0.2, 0.25) is 0 Å². The molecule has 0 aliphatic carbocycles. The Kier molecular flexibility index (Phi) is 3.82. The highest BCUT2D eigenvalue weighted by Gasteiger charge is 2.25. The van der Waals surface area contributed by atoms with Crippen molar-refractivity contribution in [1.82, 2.24) is 9.97 Å². The molecule has 0 spiro atoms. The Bertz CT molecular complexity index is 518. The van der Waals surface area contributed by atoms with Crippen LogP contribution in [0.4, 0.5) is 5.82 Å². The second kappa shape index (κ2) is 5.20. The molecule has 98 valence electrons. The van der Waals surface area contributed by atoms with E-state index in [2.05, 4.69) is 36.1 Å². The fourth-order valence-corrected chi connectivity index (χ4v) is 2.71. The summed E-state index contributed by atoms with van der Waals surface area (Å²) in [4.78, 5) is 8.55. The zero-order valence-electron chi connectivity index (χ0n) is 11.0. The molecule has 5 heteroatoms. The predicted octanol–water partition coefficient (Wildman–Crippen LogP) is 2.90. The van der Waals surface area contributed by atoms with Gasteiger partial charge in [-0.05, 0) is 23.3 Å². The van der Waals surface area contributed by atoms with E-state index >= 15 is 0 Å². The number of nitrogens with one attached hydrogen (secondary N) is 1. The van der Waals surface area contributed by atoms with E-state index in [-0.39, 0.29) is 18.1 Å². The summed E-state index contributed by atoms with van der Waals surface area (Å²) in [5.74, 6) is 0.864. The molecule has 2 aromatic rings. The van der Waals surface area contributed by atoms with Crippen molar-refractivity contribution < 1.29 is 5.11 Å². The van der Waals surface area contributed by atoms with Crippen LogP contribution < -0.4 is 5.32 Å². The van der Waals surface area contributed by atoms with Crippen molar-refractivity contribution in [3.8, 4) is 0 Å². The van der Waals surface area contributed by atoms with Gasteiger partial charge >= 0.3 is 0 Å². The summed E-state index contributed by atoms with van der Waals surface area (Å²) in [6.45, 7) is 6.65. The lowest BCUT2D eigenvalue weighted by Gasteiger charge is -2.31. The number of rotatable bonds is 4. The van der Waals surface area contributed by atoms with E-state index in [1.807, 2.05) is 11.4 Å². The standard InChI is InChI=1S/C13H19N3OS/c1-13(2,3)10(4-6-17)16-12-11-9(5-7-18-11)14-8-15-12/h5,7-8,10,17H,4,6H2,1-3H3,(H,14,15,16). The van der Waals surface area contributed by atoms with Gasteiger partial charge in [0.15, 0.2) is 0 Å². The first-order valence-electron chi connectivity index (χ1n) is 6.08. The molecule has 0 fully saturated rings. The van der Waals surface area contributed by atoms with Crippen molar-refractivity contribution in [2.45, 2.75) is 33.2 Å². The SMILES string of the molecule is CC(C)(C)C(CCO)Nc1ncnc2ccsc12. The third kappa shape index (κ3) is 2.79. The van der Waals surface area contributed by atoms with Gasteiger partial charge in [0.25, 0.3) is 0 Å². The summed E-state index contributed by atoms with van der Waals surface area (Å²) in [5, 5.41) is 14.6. The molecule has 0 radical (unpaired) electrons. The molecule has 2 heterocycles. The average Bonchev–Trinajstić information content (AvgIpc) is 2.76. The van der Waals surface area contributed by atoms with E-state index in [4.69, 9.17) is 0 Å². The van der Waals surface area contributed by atoms with E-state index in [0.29, 0.717) is 6.42 Å². The topological polar surface area (TPSA) is 58.0 Å². The molecular formula is C13H19N3OS. The Labute approximate surface area is 111 Å². The minimum atomic E-state index is 0.0667. The lowest BCUT2D eigenvalue weighted by molar-refractivity contribution is 0.235. The van der Waals surface area contributed by atoms with Gasteiger partial charge in [-0.25, -0.2) is 9.97 Å². The number of aromatic nitrogens is 2. The van der Waals surface area contributed by atoms with Crippen molar-refractivity contribution in [2.24, 2.45) is 5.41 Å². The number of thiophene rings is 1. The highest BCUT2D eigenvalue weighted by atomic mass is 32.1. The lowest BCUT2D eigenvalue weighted by Crippen LogP contribution is -2.35. The largest absolute Gasteiger partial charge is 0.396 e. The fraction of sp³-hybridized carbons (Fsp3) is 0.538. The smallest absolute Gasteiger partial charge is 0.147 e. The molecule has 0 saturated carbocycles. The average molecular weight is 265 g/mol. The summed E-state index contributed by atoms with van der Waals surface area (Å²) in [5.41, 5.74) is 1.03. The van der Waals surface area contributed by atoms with Gasteiger partial charge in [-0.2, -0.15) is 0 Å². The summed E-state index contributed by atoms with van der Waals surface area (Å²) in [6.07, 6.45) is 2.29. The lowest BCUT2D eigenvalue weighted by atomic mass is 9.85. The first kappa shape index (κ1) is 13.2. The third-order valence-corrected chi connectivity index (χ3v) is 3.93. The minimum absolute atomic E-state index is 0.0667. The molecule has 4 nitrogen and oxygen atoms in total. The monoisotopic (exact) mass is 265 g/mol. The Hall–Kier alpha value is -1.20. The Morgan fingerprint density at radius 1 is 1.39 bits per heavy atom. The van der Waals surface area contributed by atoms with Crippen molar-refractivity contribution in [1.29, 1.82) is 0 Å². The van der Waals surface area contributed by atoms with Crippen LogP contribution >= 0.6 is 11.3 Å². The van der Waals surface area contributed by atoms with E-state index in [1.54, 1.807) is 17.7 Å². The zero-order chi connectivity index (χ0) is 13.2. The summed E-state index contributed by atoms with van der Waals surface area (Å²) in [6, 6.07) is 2.17. The number of hydrogen-bond acceptors (Lipinski definition) is 5. The molecule has 0 bridgehead atoms. The van der Waals surface area contributed by atoms with Crippen LogP contribution in [-0.4, -0.2) is 27.7 Å². The van der Waals surface area contributed by atoms with Crippen LogP contribution in [-0.2, 0) is 0 Å². The first-order valence-corrected chi connectivity index (χ1v) is 6.96. The van der Waals surface area contributed by atoms with Gasteiger partial charge < -0.3 is 10.4 Å². The number of fused-ring (bicyclic) bond motifs is 1. The molecule has 18 heavy (non-hydrogen) atoms. The first-order chi connectivity index (χ1) is 8.52. The summed E-state index contributed by atoms with van der Waals surface area (Å²) >= 11 is 1.63. The highest BCUT2D eigenvalue weighted by Crippen LogP contribution is 2.29. The minimum Gasteiger partial charge on any atom is -0.396 e. The number of aliphatic hydroxyl groups excluding tert-OH is 1. The maximum absolute atomic E-state index is 9.18. The molecule has 0 aliphatic rings. The number of aliphatic hydroxyl groups is 1. The molecule has 2 N–H and O–H groups in total. The van der Waals surface area contributed by atoms with Gasteiger partial charge in [0, 0.05) is 12.6 Å². The Morgan fingerprint density at radius 2 is 2.17 bits per heavy atom. The van der Waals surface area contributed by atoms with E-state index in [1.165, 1.54) is 0 Å². The van der Waals surface area contributed by atoms with Crippen LogP contribution in [0.5, 0.6) is 0 Å². The molecule has 1 atom stereocenters. The van der Waals surface area contributed by atoms with E-state index < -0.39 is 0 Å². The number of hydrogen-bond donors (Lipinski definition) is 2. The van der Waals surface area contributed by atoms with Crippen LogP contribution in [0, 0.1) is 5.41 Å². The van der Waals surface area contributed by atoms with Crippen LogP contribution in [0.1, 0.15) is 27.2 Å². The van der Waals surface area contributed by atoms with Crippen molar-refractivity contribution in [3.05, 3.63) is 17.8 Å². The highest BCUT2D eigenvalue weighted by molar-refractivity contribution is 7.17. The van der Waals surface area contributed by atoms with Crippen molar-refractivity contribution in [2.75, 3.05) is 11.9 Å². The summed E-state index contributed by atoms with van der Waals surface area (Å²) in [7, 11) is 0. The second-order valence-corrected chi connectivity index (χ2v) is 6.35. The zero-order valence-corrected chi connectivity index (χ0v) is 11.8. The number of anilines is 1. The Morgan fingerprint density at radius 3 is 2.83 bits per heavy atom. The molecule has 2 rings (SSSR count). The van der Waals surface area contributed by atoms with Gasteiger partial charge in [0.2, 0.25) is 0 Å². The number of nitrogens with zero attached hydrogens (tertiary/aromatic N) is 2. The molecule has 0 aromatic carbocycles. The van der Waals surface area contributed by atoms with Gasteiger partial charge in [-0.3, -0.25) is 0 Å². The van der Waals surface area contributed by atoms with Gasteiger partial charge in [-0.15, -0.1) is 11.3 Å². The third-order valence-electron chi connectivity index (χ3n) is 3.02. The predicted molar refractivity (Wildman–Crippen MR) is 76.0 cm³/mol. The maximum Gasteiger partial charge on any atom is 0.147 e. The Balaban J connectivity index is 2.28. The van der Waals surface area contributed by atoms with Gasteiger partial charge in [0.1, 0.15) is 12.1 Å². The molecular weight excluding hydrogens is 246 g/mol. The van der Waals surface area contributed by atoms with Crippen LogP contribution in [0.3, 0.4) is 0 Å². The van der Waals surface area contributed by atoms with Crippen molar-refractivity contribution in [3.63, 3.8) is 0 Å². The second-order valence-electron chi connectivity index (χ2n) is 5.43. The van der Waals surface area contributed by atoms with Crippen molar-refractivity contribution >= 4 is 27.4 Å². The fourth-order valence-electron chi connectivity index (χ4n) is 1.91. The molecule has 2 aromatic heterocycles. The molecule has 1 unspecified atom stereocenters. The van der Waals surface area contributed by atoms with E-state index in [9.17, 15) is 5.11 Å². The molecule has 0 saturated heterocycles. The normalized spacial score (nSPS) is 13.8. The van der Waals surface area contributed by atoms with Crippen LogP contribution in [0.25, 0.3) is 10.2 Å². The van der Waals surface area contributed by atoms with E-state index in [0.717, 1.165) is 16.0 Å². The molecule has 0 aliphatic heterocycles. The maximum atomic E-state index is 9.18. The van der Waals surface area contributed by atoms with Gasteiger partial charge in [-0.1, -0.05) is 20.8 Å². The van der Waals surface area contributed by atoms with Gasteiger partial charge in [0.05, 0.1) is 10.2 Å². The summed E-state index contributed by atoms with van der Waals surface area (Å²) < 4.78 is 1.07. The quantitative estimate of drug-likeness (QED) is 0.892. The molecule has 0 amide bonds.